The van der Waals surface area contributed by atoms with Crippen molar-refractivity contribution in [2.45, 2.75) is 49.3 Å². The summed E-state index contributed by atoms with van der Waals surface area (Å²) in [4.78, 5) is 17.6. The summed E-state index contributed by atoms with van der Waals surface area (Å²) >= 11 is 7.47. The minimum Gasteiger partial charge on any atom is -0.495 e. The number of rotatable bonds is 6. The lowest BCUT2D eigenvalue weighted by Crippen LogP contribution is -2.23. The average molecular weight is 446 g/mol. The number of nitriles is 1. The molecular weight excluding hydrogens is 422 g/mol. The largest absolute Gasteiger partial charge is 0.495 e. The highest BCUT2D eigenvalue weighted by atomic mass is 35.5. The van der Waals surface area contributed by atoms with Crippen molar-refractivity contribution in [1.29, 1.82) is 5.26 Å². The van der Waals surface area contributed by atoms with E-state index < -0.39 is 5.25 Å². The monoisotopic (exact) mass is 445 g/mol. The van der Waals surface area contributed by atoms with E-state index in [-0.39, 0.29) is 5.91 Å². The second-order valence-corrected chi connectivity index (χ2v) is 8.79. The normalized spacial score (nSPS) is 14.1. The van der Waals surface area contributed by atoms with Crippen molar-refractivity contribution in [2.75, 3.05) is 19.5 Å². The molecule has 1 heterocycles. The zero-order valence-corrected chi connectivity index (χ0v) is 18.8. The predicted octanol–water partition coefficient (Wildman–Crippen LogP) is 5.01. The van der Waals surface area contributed by atoms with Crippen LogP contribution in [-0.4, -0.2) is 30.4 Å². The van der Waals surface area contributed by atoms with Crippen LogP contribution in [-0.2, 0) is 17.6 Å². The number of fused-ring (bicyclic) bond motifs is 1. The van der Waals surface area contributed by atoms with Crippen LogP contribution in [0.5, 0.6) is 11.5 Å². The summed E-state index contributed by atoms with van der Waals surface area (Å²) in [6.45, 7) is 1.78. The predicted molar refractivity (Wildman–Crippen MR) is 119 cm³/mol. The maximum absolute atomic E-state index is 12.8. The molecule has 158 valence electrons. The second kappa shape index (κ2) is 10.1. The summed E-state index contributed by atoms with van der Waals surface area (Å²) in [5, 5.41) is 12.9. The van der Waals surface area contributed by atoms with E-state index in [1.165, 1.54) is 32.4 Å². The molecule has 0 spiro atoms. The van der Waals surface area contributed by atoms with E-state index in [0.717, 1.165) is 36.9 Å². The van der Waals surface area contributed by atoms with Crippen molar-refractivity contribution in [3.05, 3.63) is 40.0 Å². The maximum Gasteiger partial charge on any atom is 0.237 e. The van der Waals surface area contributed by atoms with E-state index in [1.54, 1.807) is 19.1 Å². The van der Waals surface area contributed by atoms with Gasteiger partial charge < -0.3 is 14.8 Å². The van der Waals surface area contributed by atoms with Gasteiger partial charge in [-0.1, -0.05) is 29.8 Å². The molecular formula is C22H24ClN3O3S. The van der Waals surface area contributed by atoms with E-state index in [1.807, 2.05) is 6.07 Å². The quantitative estimate of drug-likeness (QED) is 0.496. The van der Waals surface area contributed by atoms with Crippen LogP contribution in [0.2, 0.25) is 5.02 Å². The number of carbonyl (C=O) groups is 1. The summed E-state index contributed by atoms with van der Waals surface area (Å²) in [6, 6.07) is 7.39. The number of anilines is 1. The summed E-state index contributed by atoms with van der Waals surface area (Å²) in [6.07, 6.45) is 5.26. The minimum absolute atomic E-state index is 0.236. The molecule has 1 aromatic carbocycles. The fourth-order valence-electron chi connectivity index (χ4n) is 3.37. The van der Waals surface area contributed by atoms with Gasteiger partial charge in [0, 0.05) is 11.8 Å². The Morgan fingerprint density at radius 1 is 1.20 bits per heavy atom. The molecule has 1 unspecified atom stereocenters. The number of halogens is 1. The molecule has 1 N–H and O–H groups in total. The zero-order valence-electron chi connectivity index (χ0n) is 17.3. The molecule has 8 heteroatoms. The number of ether oxygens (including phenoxy) is 2. The SMILES string of the molecule is COc1cc(OC)c(NC(=O)C(C)Sc2nc3c(cc2C#N)CCCCC3)cc1Cl. The van der Waals surface area contributed by atoms with Gasteiger partial charge >= 0.3 is 0 Å². The third-order valence-electron chi connectivity index (χ3n) is 5.03. The first-order valence-electron chi connectivity index (χ1n) is 9.78. The van der Waals surface area contributed by atoms with Crippen molar-refractivity contribution in [3.8, 4) is 17.6 Å². The van der Waals surface area contributed by atoms with Crippen LogP contribution in [0, 0.1) is 11.3 Å². The average Bonchev–Trinajstić information content (AvgIpc) is 2.98. The maximum atomic E-state index is 12.8. The van der Waals surface area contributed by atoms with Crippen molar-refractivity contribution in [3.63, 3.8) is 0 Å². The van der Waals surface area contributed by atoms with Crippen LogP contribution < -0.4 is 14.8 Å². The molecule has 0 saturated heterocycles. The number of carbonyl (C=O) groups excluding carboxylic acids is 1. The number of nitrogens with zero attached hydrogens (tertiary/aromatic N) is 2. The molecule has 1 amide bonds. The van der Waals surface area contributed by atoms with E-state index in [0.29, 0.717) is 32.8 Å². The number of methoxy groups -OCH3 is 2. The van der Waals surface area contributed by atoms with Crippen molar-refractivity contribution < 1.29 is 14.3 Å². The molecule has 0 saturated carbocycles. The van der Waals surface area contributed by atoms with Crippen LogP contribution in [0.1, 0.15) is 43.0 Å². The van der Waals surface area contributed by atoms with Crippen LogP contribution in [0.3, 0.4) is 0 Å². The molecule has 2 aromatic rings. The topological polar surface area (TPSA) is 84.2 Å². The molecule has 0 aliphatic heterocycles. The molecule has 30 heavy (non-hydrogen) atoms. The number of aryl methyl sites for hydroxylation is 2. The van der Waals surface area contributed by atoms with Gasteiger partial charge in [-0.05, 0) is 50.3 Å². The Morgan fingerprint density at radius 2 is 1.93 bits per heavy atom. The Kier molecular flexibility index (Phi) is 7.46. The van der Waals surface area contributed by atoms with Crippen molar-refractivity contribution in [2.24, 2.45) is 0 Å². The lowest BCUT2D eigenvalue weighted by atomic mass is 10.1. The van der Waals surface area contributed by atoms with E-state index in [9.17, 15) is 10.1 Å². The van der Waals surface area contributed by atoms with Gasteiger partial charge in [-0.15, -0.1) is 0 Å². The van der Waals surface area contributed by atoms with Crippen LogP contribution >= 0.6 is 23.4 Å². The molecule has 1 aliphatic carbocycles. The fraction of sp³-hybridized carbons (Fsp3) is 0.409. The van der Waals surface area contributed by atoms with E-state index >= 15 is 0 Å². The lowest BCUT2D eigenvalue weighted by Gasteiger charge is -2.16. The number of benzene rings is 1. The number of thioether (sulfide) groups is 1. The summed E-state index contributed by atoms with van der Waals surface area (Å²) in [5.74, 6) is 0.671. The highest BCUT2D eigenvalue weighted by molar-refractivity contribution is 8.00. The van der Waals surface area contributed by atoms with Gasteiger partial charge in [-0.2, -0.15) is 5.26 Å². The van der Waals surface area contributed by atoms with Gasteiger partial charge in [0.05, 0.1) is 35.7 Å². The Bertz CT molecular complexity index is 991. The molecule has 0 bridgehead atoms. The smallest absolute Gasteiger partial charge is 0.237 e. The van der Waals surface area contributed by atoms with Gasteiger partial charge in [0.25, 0.3) is 0 Å². The summed E-state index contributed by atoms with van der Waals surface area (Å²) in [7, 11) is 3.02. The Labute approximate surface area is 185 Å². The first-order chi connectivity index (χ1) is 14.5. The van der Waals surface area contributed by atoms with Gasteiger partial charge in [-0.25, -0.2) is 4.98 Å². The third kappa shape index (κ3) is 5.00. The molecule has 1 aromatic heterocycles. The van der Waals surface area contributed by atoms with Crippen LogP contribution in [0.4, 0.5) is 5.69 Å². The summed E-state index contributed by atoms with van der Waals surface area (Å²) < 4.78 is 10.5. The van der Waals surface area contributed by atoms with Gasteiger partial charge in [0.1, 0.15) is 22.6 Å². The van der Waals surface area contributed by atoms with Gasteiger partial charge in [-0.3, -0.25) is 4.79 Å². The van der Waals surface area contributed by atoms with Gasteiger partial charge in [0.15, 0.2) is 0 Å². The third-order valence-corrected chi connectivity index (χ3v) is 6.42. The van der Waals surface area contributed by atoms with Crippen LogP contribution in [0.25, 0.3) is 0 Å². The number of pyridine rings is 1. The van der Waals surface area contributed by atoms with Crippen molar-refractivity contribution in [1.82, 2.24) is 4.98 Å². The number of hydrogen-bond acceptors (Lipinski definition) is 6. The number of aromatic nitrogens is 1. The van der Waals surface area contributed by atoms with E-state index in [2.05, 4.69) is 11.4 Å². The highest BCUT2D eigenvalue weighted by Crippen LogP contribution is 2.36. The summed E-state index contributed by atoms with van der Waals surface area (Å²) in [5.41, 5.74) is 3.18. The Morgan fingerprint density at radius 3 is 2.63 bits per heavy atom. The molecule has 1 aliphatic rings. The molecule has 6 nitrogen and oxygen atoms in total. The first kappa shape index (κ1) is 22.3. The molecule has 3 rings (SSSR count). The van der Waals surface area contributed by atoms with E-state index in [4.69, 9.17) is 26.1 Å². The highest BCUT2D eigenvalue weighted by Gasteiger charge is 2.22. The van der Waals surface area contributed by atoms with Crippen LogP contribution in [0.15, 0.2) is 23.2 Å². The zero-order chi connectivity index (χ0) is 21.7. The minimum atomic E-state index is -0.473. The van der Waals surface area contributed by atoms with Gasteiger partial charge in [0.2, 0.25) is 5.91 Å². The standard InChI is InChI=1S/C22H24ClN3O3S/c1-13(21(27)25-18-10-16(23)19(28-2)11-20(18)29-3)30-22-15(12-24)9-14-7-5-4-6-8-17(14)26-22/h9-11,13H,4-8H2,1-3H3,(H,25,27). The first-order valence-corrected chi connectivity index (χ1v) is 11.0. The van der Waals surface area contributed by atoms with Crippen molar-refractivity contribution >= 4 is 35.0 Å². The Balaban J connectivity index is 1.79. The Hall–Kier alpha value is -2.43. The molecule has 0 fully saturated rings. The number of hydrogen-bond donors (Lipinski definition) is 1. The molecule has 1 atom stereocenters. The number of nitrogens with one attached hydrogen (secondary N) is 1. The molecule has 0 radical (unpaired) electrons. The number of amides is 1. The fourth-order valence-corrected chi connectivity index (χ4v) is 4.51. The second-order valence-electron chi connectivity index (χ2n) is 7.06. The lowest BCUT2D eigenvalue weighted by molar-refractivity contribution is -0.115.